The number of carbonyl (C=O) groups excluding carboxylic acids is 2. The fraction of sp³-hybridized carbons (Fsp3) is 0.387. The standard InChI is InChI=1S/C31H36N2O7S/c1-7-11-26(32-17-21(34)18-39-22-12-9-8-10-13-22)40-25-15-14-23(41-6)16-24(25)29-27(30(35)37-4)19(2)33-20(3)28(29)31(36)38-5/h8-10,12-16,21,26-27,29,32,34H,17-18H2,1-6H3. The van der Waals surface area contributed by atoms with Gasteiger partial charge in [-0.05, 0) is 63.3 Å². The van der Waals surface area contributed by atoms with E-state index in [2.05, 4.69) is 22.2 Å². The van der Waals surface area contributed by atoms with Gasteiger partial charge < -0.3 is 24.1 Å². The first-order valence-corrected chi connectivity index (χ1v) is 14.2. The summed E-state index contributed by atoms with van der Waals surface area (Å²) in [6, 6.07) is 14.8. The number of rotatable bonds is 12. The Bertz CT molecular complexity index is 1350. The van der Waals surface area contributed by atoms with Crippen molar-refractivity contribution in [1.29, 1.82) is 0 Å². The van der Waals surface area contributed by atoms with Gasteiger partial charge in [0, 0.05) is 34.3 Å². The second-order valence-electron chi connectivity index (χ2n) is 9.20. The van der Waals surface area contributed by atoms with Crippen LogP contribution < -0.4 is 14.8 Å². The Morgan fingerprint density at radius 2 is 1.85 bits per heavy atom. The first kappa shape index (κ1) is 31.7. The van der Waals surface area contributed by atoms with Crippen molar-refractivity contribution >= 4 is 29.4 Å². The highest BCUT2D eigenvalue weighted by molar-refractivity contribution is 7.98. The first-order chi connectivity index (χ1) is 19.7. The zero-order chi connectivity index (χ0) is 29.9. The minimum Gasteiger partial charge on any atom is -0.491 e. The molecule has 0 aromatic heterocycles. The van der Waals surface area contributed by atoms with Gasteiger partial charge in [-0.3, -0.25) is 15.1 Å². The third-order valence-electron chi connectivity index (χ3n) is 6.49. The number of nitrogens with zero attached hydrogens (tertiary/aromatic N) is 1. The van der Waals surface area contributed by atoms with E-state index in [0.717, 1.165) is 4.90 Å². The summed E-state index contributed by atoms with van der Waals surface area (Å²) < 4.78 is 22.2. The van der Waals surface area contributed by atoms with Crippen molar-refractivity contribution in [3.63, 3.8) is 0 Å². The highest BCUT2D eigenvalue weighted by Gasteiger charge is 2.43. The van der Waals surface area contributed by atoms with Crippen molar-refractivity contribution in [3.05, 3.63) is 65.4 Å². The molecule has 4 unspecified atom stereocenters. The number of carbonyl (C=O) groups is 2. The molecule has 41 heavy (non-hydrogen) atoms. The van der Waals surface area contributed by atoms with Crippen LogP contribution in [0.1, 0.15) is 32.3 Å². The molecule has 3 rings (SSSR count). The van der Waals surface area contributed by atoms with Crippen LogP contribution in [-0.2, 0) is 19.1 Å². The van der Waals surface area contributed by atoms with Gasteiger partial charge >= 0.3 is 11.9 Å². The summed E-state index contributed by atoms with van der Waals surface area (Å²) in [5, 5.41) is 13.6. The first-order valence-electron chi connectivity index (χ1n) is 13.0. The molecular formula is C31H36N2O7S. The molecule has 1 heterocycles. The quantitative estimate of drug-likeness (QED) is 0.167. The molecule has 218 valence electrons. The molecule has 0 saturated heterocycles. The highest BCUT2D eigenvalue weighted by atomic mass is 32.2. The zero-order valence-electron chi connectivity index (χ0n) is 24.1. The third kappa shape index (κ3) is 8.13. The summed E-state index contributed by atoms with van der Waals surface area (Å²) in [6.45, 7) is 5.33. The molecule has 0 spiro atoms. The highest BCUT2D eigenvalue weighted by Crippen LogP contribution is 2.44. The molecule has 1 aliphatic heterocycles. The van der Waals surface area contributed by atoms with Crippen LogP contribution in [0.4, 0.5) is 0 Å². The predicted molar refractivity (Wildman–Crippen MR) is 158 cm³/mol. The lowest BCUT2D eigenvalue weighted by Crippen LogP contribution is -2.41. The van der Waals surface area contributed by atoms with E-state index < -0.39 is 36.1 Å². The lowest BCUT2D eigenvalue weighted by Gasteiger charge is -2.32. The Morgan fingerprint density at radius 1 is 1.12 bits per heavy atom. The van der Waals surface area contributed by atoms with Gasteiger partial charge in [-0.2, -0.15) is 0 Å². The molecule has 0 aliphatic carbocycles. The Labute approximate surface area is 245 Å². The number of aliphatic imine (C=N–C) groups is 1. The Hall–Kier alpha value is -3.78. The summed E-state index contributed by atoms with van der Waals surface area (Å²) in [5.41, 5.74) is 1.79. The number of benzene rings is 2. The largest absolute Gasteiger partial charge is 0.491 e. The smallest absolute Gasteiger partial charge is 0.336 e. The van der Waals surface area contributed by atoms with Crippen molar-refractivity contribution in [3.8, 4) is 23.3 Å². The van der Waals surface area contributed by atoms with Crippen molar-refractivity contribution in [2.75, 3.05) is 33.6 Å². The maximum absolute atomic E-state index is 13.1. The number of thioether (sulfide) groups is 1. The van der Waals surface area contributed by atoms with E-state index in [-0.39, 0.29) is 18.7 Å². The molecule has 0 saturated carbocycles. The van der Waals surface area contributed by atoms with Gasteiger partial charge in [0.15, 0.2) is 0 Å². The Kier molecular flexibility index (Phi) is 11.8. The van der Waals surface area contributed by atoms with Crippen LogP contribution >= 0.6 is 11.8 Å². The molecule has 9 nitrogen and oxygen atoms in total. The summed E-state index contributed by atoms with van der Waals surface area (Å²) in [6.07, 6.45) is 0.279. The fourth-order valence-electron chi connectivity index (χ4n) is 4.58. The molecule has 0 radical (unpaired) electrons. The molecule has 2 aromatic rings. The number of methoxy groups -OCH3 is 2. The monoisotopic (exact) mass is 580 g/mol. The number of ether oxygens (including phenoxy) is 4. The van der Waals surface area contributed by atoms with Crippen LogP contribution in [0.25, 0.3) is 0 Å². The van der Waals surface area contributed by atoms with Gasteiger partial charge in [0.2, 0.25) is 6.23 Å². The van der Waals surface area contributed by atoms with Crippen LogP contribution in [-0.4, -0.2) is 68.7 Å². The second kappa shape index (κ2) is 15.3. The molecule has 0 amide bonds. The average Bonchev–Trinajstić information content (AvgIpc) is 2.98. The molecule has 2 N–H and O–H groups in total. The van der Waals surface area contributed by atoms with Gasteiger partial charge in [-0.25, -0.2) is 4.79 Å². The molecule has 1 aliphatic rings. The van der Waals surface area contributed by atoms with Gasteiger partial charge in [-0.1, -0.05) is 18.2 Å². The van der Waals surface area contributed by atoms with E-state index in [1.807, 2.05) is 48.7 Å². The van der Waals surface area contributed by atoms with Crippen LogP contribution in [0.5, 0.6) is 11.5 Å². The minimum absolute atomic E-state index is 0.0744. The topological polar surface area (TPSA) is 116 Å². The third-order valence-corrected chi connectivity index (χ3v) is 7.21. The van der Waals surface area contributed by atoms with Crippen LogP contribution in [0, 0.1) is 17.8 Å². The van der Waals surface area contributed by atoms with E-state index in [0.29, 0.717) is 28.5 Å². The number of allylic oxidation sites excluding steroid dienone is 1. The molecular weight excluding hydrogens is 544 g/mol. The molecule has 0 fully saturated rings. The van der Waals surface area contributed by atoms with Crippen LogP contribution in [0.15, 0.2) is 69.7 Å². The van der Waals surface area contributed by atoms with Gasteiger partial charge in [0.25, 0.3) is 0 Å². The molecule has 0 bridgehead atoms. The van der Waals surface area contributed by atoms with Gasteiger partial charge in [-0.15, -0.1) is 17.7 Å². The number of hydrogen-bond acceptors (Lipinski definition) is 10. The van der Waals surface area contributed by atoms with Crippen molar-refractivity contribution in [1.82, 2.24) is 5.32 Å². The number of para-hydroxylation sites is 1. The molecule has 2 aromatic carbocycles. The molecule has 10 heteroatoms. The minimum atomic E-state index is -0.877. The van der Waals surface area contributed by atoms with Crippen molar-refractivity contribution in [2.24, 2.45) is 10.9 Å². The average molecular weight is 581 g/mol. The summed E-state index contributed by atoms with van der Waals surface area (Å²) in [7, 11) is 2.59. The van der Waals surface area contributed by atoms with Gasteiger partial charge in [0.1, 0.15) is 30.1 Å². The summed E-state index contributed by atoms with van der Waals surface area (Å²) >= 11 is 1.51. The lowest BCUT2D eigenvalue weighted by molar-refractivity contribution is -0.143. The normalized spacial score (nSPS) is 17.9. The number of aliphatic hydroxyl groups is 1. The van der Waals surface area contributed by atoms with Crippen LogP contribution in [0.2, 0.25) is 0 Å². The SMILES string of the molecule is CC#CC(NCC(O)COc1ccccc1)Oc1ccc(SC)cc1C1C(C(=O)OC)=C(C)N=C(C)C1C(=O)OC. The van der Waals surface area contributed by atoms with E-state index in [1.165, 1.54) is 26.0 Å². The maximum Gasteiger partial charge on any atom is 0.336 e. The van der Waals surface area contributed by atoms with Crippen molar-refractivity contribution in [2.45, 2.75) is 43.9 Å². The lowest BCUT2D eigenvalue weighted by atomic mass is 9.75. The molecule has 4 atom stereocenters. The number of hydrogen-bond donors (Lipinski definition) is 2. The second-order valence-corrected chi connectivity index (χ2v) is 10.1. The Balaban J connectivity index is 1.94. The van der Waals surface area contributed by atoms with E-state index in [4.69, 9.17) is 18.9 Å². The number of aliphatic hydroxyl groups excluding tert-OH is 1. The predicted octanol–water partition coefficient (Wildman–Crippen LogP) is 3.96. The summed E-state index contributed by atoms with van der Waals surface area (Å²) in [5.74, 6) is 4.09. The van der Waals surface area contributed by atoms with E-state index in [9.17, 15) is 14.7 Å². The summed E-state index contributed by atoms with van der Waals surface area (Å²) in [4.78, 5) is 31.5. The Morgan fingerprint density at radius 3 is 2.49 bits per heavy atom. The van der Waals surface area contributed by atoms with Crippen LogP contribution in [0.3, 0.4) is 0 Å². The number of esters is 2. The van der Waals surface area contributed by atoms with Gasteiger partial charge in [0.05, 0.1) is 19.8 Å². The maximum atomic E-state index is 13.1. The fourth-order valence-corrected chi connectivity index (χ4v) is 5.02. The van der Waals surface area contributed by atoms with Crippen molar-refractivity contribution < 1.29 is 33.6 Å². The van der Waals surface area contributed by atoms with E-state index in [1.54, 1.807) is 26.8 Å². The number of nitrogens with one attached hydrogen (secondary N) is 1. The zero-order valence-corrected chi connectivity index (χ0v) is 24.9. The van der Waals surface area contributed by atoms with E-state index >= 15 is 0 Å².